The molecular formula is C25H46N6O2. The van der Waals surface area contributed by atoms with Gasteiger partial charge in [-0.1, -0.05) is 51.9 Å². The Balaban J connectivity index is 1.45. The standard InChI is InChI=1S/C25H46N6O2/c1-3-4-5-6-7-8-9-12-19-17-20-13-14-21-22(18(2)29-25(30-19)31(20)21)23(32)33-16-11-10-15-28-24(26)27/h18-22H,3-17H2,1-2H3,(H,29,30)(H4,26,27,28)/t18-,19+,20?,21?,22?/m1/s1. The molecule has 3 unspecified atom stereocenters. The van der Waals surface area contributed by atoms with Crippen LogP contribution in [0.25, 0.3) is 0 Å². The first kappa shape index (κ1) is 25.6. The lowest BCUT2D eigenvalue weighted by molar-refractivity contribution is -0.152. The SMILES string of the molecule is CCCCCCCCC[C@H]1CC2CCC3C(C(=O)OCCCCN=C(N)N)[C@@H](C)NC(=N1)N23. The number of carbonyl (C=O) groups excluding carboxylic acids is 1. The van der Waals surface area contributed by atoms with E-state index in [9.17, 15) is 4.79 Å². The van der Waals surface area contributed by atoms with E-state index in [1.54, 1.807) is 0 Å². The number of hydrogen-bond donors (Lipinski definition) is 3. The number of ether oxygens (including phenoxy) is 1. The number of rotatable bonds is 14. The van der Waals surface area contributed by atoms with Gasteiger partial charge in [-0.3, -0.25) is 9.79 Å². The Hall–Kier alpha value is -1.99. The van der Waals surface area contributed by atoms with E-state index in [4.69, 9.17) is 21.2 Å². The highest BCUT2D eigenvalue weighted by Gasteiger charge is 2.51. The molecule has 0 bridgehead atoms. The summed E-state index contributed by atoms with van der Waals surface area (Å²) in [6.45, 7) is 5.35. The monoisotopic (exact) mass is 462 g/mol. The van der Waals surface area contributed by atoms with Gasteiger partial charge in [0, 0.05) is 24.7 Å². The lowest BCUT2D eigenvalue weighted by atomic mass is 9.89. The molecule has 0 aliphatic carbocycles. The van der Waals surface area contributed by atoms with Crippen molar-refractivity contribution in [3.05, 3.63) is 0 Å². The van der Waals surface area contributed by atoms with Gasteiger partial charge >= 0.3 is 5.97 Å². The highest BCUT2D eigenvalue weighted by molar-refractivity contribution is 5.86. The van der Waals surface area contributed by atoms with Gasteiger partial charge in [-0.05, 0) is 45.4 Å². The van der Waals surface area contributed by atoms with E-state index < -0.39 is 0 Å². The largest absolute Gasteiger partial charge is 0.465 e. The predicted octanol–water partition coefficient (Wildman–Crippen LogP) is 3.29. The van der Waals surface area contributed by atoms with Crippen molar-refractivity contribution in [1.29, 1.82) is 0 Å². The normalized spacial score (nSPS) is 28.0. The number of carbonyl (C=O) groups is 1. The van der Waals surface area contributed by atoms with Crippen LogP contribution >= 0.6 is 0 Å². The summed E-state index contributed by atoms with van der Waals surface area (Å²) in [5.41, 5.74) is 10.7. The molecule has 0 aromatic carbocycles. The lowest BCUT2D eigenvalue weighted by Gasteiger charge is -2.47. The highest BCUT2D eigenvalue weighted by Crippen LogP contribution is 2.39. The van der Waals surface area contributed by atoms with E-state index in [1.165, 1.54) is 51.4 Å². The smallest absolute Gasteiger partial charge is 0.313 e. The van der Waals surface area contributed by atoms with E-state index >= 15 is 0 Å². The maximum Gasteiger partial charge on any atom is 0.313 e. The van der Waals surface area contributed by atoms with Gasteiger partial charge in [0.05, 0.1) is 18.6 Å². The number of guanidine groups is 2. The van der Waals surface area contributed by atoms with Crippen LogP contribution in [0.1, 0.15) is 97.3 Å². The van der Waals surface area contributed by atoms with Crippen LogP contribution in [0.15, 0.2) is 9.98 Å². The molecule has 5 N–H and O–H groups in total. The number of aliphatic imine (C=N–C) groups is 2. The molecule has 5 atom stereocenters. The van der Waals surface area contributed by atoms with Crippen molar-refractivity contribution in [1.82, 2.24) is 10.2 Å². The van der Waals surface area contributed by atoms with Crippen molar-refractivity contribution in [3.8, 4) is 0 Å². The number of hydrogen-bond acceptors (Lipinski definition) is 6. The summed E-state index contributed by atoms with van der Waals surface area (Å²) in [7, 11) is 0. The van der Waals surface area contributed by atoms with Crippen LogP contribution in [0.3, 0.4) is 0 Å². The number of nitrogens with zero attached hydrogens (tertiary/aromatic N) is 3. The molecule has 188 valence electrons. The van der Waals surface area contributed by atoms with Gasteiger partial charge in [-0.15, -0.1) is 0 Å². The molecule has 0 saturated carbocycles. The predicted molar refractivity (Wildman–Crippen MR) is 134 cm³/mol. The molecule has 0 amide bonds. The second-order valence-corrected chi connectivity index (χ2v) is 10.1. The Kier molecular flexibility index (Phi) is 10.1. The lowest BCUT2D eigenvalue weighted by Crippen LogP contribution is -2.65. The molecule has 8 nitrogen and oxygen atoms in total. The van der Waals surface area contributed by atoms with E-state index in [0.717, 1.165) is 38.1 Å². The van der Waals surface area contributed by atoms with E-state index in [2.05, 4.69) is 29.1 Å². The molecule has 0 spiro atoms. The first-order valence-corrected chi connectivity index (χ1v) is 13.4. The van der Waals surface area contributed by atoms with Crippen molar-refractivity contribution < 1.29 is 9.53 Å². The Labute approximate surface area is 200 Å². The zero-order chi connectivity index (χ0) is 23.6. The van der Waals surface area contributed by atoms with Gasteiger partial charge in [-0.2, -0.15) is 0 Å². The number of nitrogens with one attached hydrogen (secondary N) is 1. The number of nitrogens with two attached hydrogens (primary N) is 2. The van der Waals surface area contributed by atoms with Gasteiger partial charge in [0.15, 0.2) is 11.9 Å². The molecule has 3 rings (SSSR count). The van der Waals surface area contributed by atoms with Crippen molar-refractivity contribution in [2.75, 3.05) is 13.2 Å². The average molecular weight is 463 g/mol. The third kappa shape index (κ3) is 7.24. The third-order valence-corrected chi connectivity index (χ3v) is 7.45. The van der Waals surface area contributed by atoms with Crippen LogP contribution in [0.2, 0.25) is 0 Å². The Bertz CT molecular complexity index is 678. The zero-order valence-electron chi connectivity index (χ0n) is 20.8. The summed E-state index contributed by atoms with van der Waals surface area (Å²) < 4.78 is 5.65. The third-order valence-electron chi connectivity index (χ3n) is 7.45. The van der Waals surface area contributed by atoms with Crippen LogP contribution in [-0.4, -0.2) is 60.1 Å². The summed E-state index contributed by atoms with van der Waals surface area (Å²) in [6, 6.07) is 1.17. The molecule has 0 radical (unpaired) electrons. The zero-order valence-corrected chi connectivity index (χ0v) is 20.8. The minimum absolute atomic E-state index is 0.0372. The van der Waals surface area contributed by atoms with Crippen LogP contribution in [0, 0.1) is 5.92 Å². The average Bonchev–Trinajstić information content (AvgIpc) is 3.19. The summed E-state index contributed by atoms with van der Waals surface area (Å²) in [5, 5.41) is 3.56. The fraction of sp³-hybridized carbons (Fsp3) is 0.880. The van der Waals surface area contributed by atoms with Gasteiger partial charge < -0.3 is 26.4 Å². The number of esters is 1. The van der Waals surface area contributed by atoms with Gasteiger partial charge in [0.1, 0.15) is 0 Å². The van der Waals surface area contributed by atoms with Crippen molar-refractivity contribution in [3.63, 3.8) is 0 Å². The summed E-state index contributed by atoms with van der Waals surface area (Å²) >= 11 is 0. The van der Waals surface area contributed by atoms with Crippen LogP contribution in [0.4, 0.5) is 0 Å². The fourth-order valence-electron chi connectivity index (χ4n) is 5.74. The molecule has 8 heteroatoms. The molecule has 2 fully saturated rings. The molecule has 3 heterocycles. The van der Waals surface area contributed by atoms with E-state index in [0.29, 0.717) is 25.2 Å². The molecule has 0 aromatic rings. The van der Waals surface area contributed by atoms with Crippen molar-refractivity contribution >= 4 is 17.9 Å². The van der Waals surface area contributed by atoms with Crippen molar-refractivity contribution in [2.24, 2.45) is 27.4 Å². The van der Waals surface area contributed by atoms with Gasteiger partial charge in [-0.25, -0.2) is 4.99 Å². The minimum Gasteiger partial charge on any atom is -0.465 e. The highest BCUT2D eigenvalue weighted by atomic mass is 16.5. The Morgan fingerprint density at radius 3 is 2.64 bits per heavy atom. The maximum atomic E-state index is 12.9. The summed E-state index contributed by atoms with van der Waals surface area (Å²) in [5.74, 6) is 0.891. The molecule has 0 aromatic heterocycles. The van der Waals surface area contributed by atoms with E-state index in [-0.39, 0.29) is 29.9 Å². The summed E-state index contributed by atoms with van der Waals surface area (Å²) in [6.07, 6.45) is 15.5. The van der Waals surface area contributed by atoms with E-state index in [1.807, 2.05) is 0 Å². The quantitative estimate of drug-likeness (QED) is 0.158. The van der Waals surface area contributed by atoms with Gasteiger partial charge in [0.2, 0.25) is 0 Å². The second kappa shape index (κ2) is 13.0. The van der Waals surface area contributed by atoms with Crippen LogP contribution in [0.5, 0.6) is 0 Å². The Morgan fingerprint density at radius 2 is 1.88 bits per heavy atom. The molecule has 33 heavy (non-hydrogen) atoms. The molecule has 2 saturated heterocycles. The summed E-state index contributed by atoms with van der Waals surface area (Å²) in [4.78, 5) is 24.4. The topological polar surface area (TPSA) is 118 Å². The first-order valence-electron chi connectivity index (χ1n) is 13.4. The number of unbranched alkanes of at least 4 members (excludes halogenated alkanes) is 7. The van der Waals surface area contributed by atoms with Crippen molar-refractivity contribution in [2.45, 2.75) is 121 Å². The fourth-order valence-corrected chi connectivity index (χ4v) is 5.74. The molecule has 3 aliphatic rings. The Morgan fingerprint density at radius 1 is 1.12 bits per heavy atom. The maximum absolute atomic E-state index is 12.9. The van der Waals surface area contributed by atoms with Crippen LogP contribution < -0.4 is 16.8 Å². The first-order chi connectivity index (χ1) is 16.0. The molecule has 3 aliphatic heterocycles. The van der Waals surface area contributed by atoms with Crippen LogP contribution in [-0.2, 0) is 9.53 Å². The molecular weight excluding hydrogens is 416 g/mol. The van der Waals surface area contributed by atoms with Gasteiger partial charge in [0.25, 0.3) is 0 Å². The minimum atomic E-state index is -0.147. The second-order valence-electron chi connectivity index (χ2n) is 10.1.